The minimum atomic E-state index is 0.514. The van der Waals surface area contributed by atoms with Crippen LogP contribution in [0.3, 0.4) is 0 Å². The van der Waals surface area contributed by atoms with E-state index in [1.54, 1.807) is 7.11 Å². The fourth-order valence-electron chi connectivity index (χ4n) is 3.73. The minimum Gasteiger partial charge on any atom is -0.497 e. The Labute approximate surface area is 148 Å². The maximum atomic E-state index is 5.45. The highest BCUT2D eigenvalue weighted by atomic mass is 16.5. The molecule has 0 radical (unpaired) electrons. The molecule has 1 atom stereocenters. The molecule has 1 aliphatic rings. The van der Waals surface area contributed by atoms with Crippen molar-refractivity contribution in [3.8, 4) is 5.75 Å². The van der Waals surface area contributed by atoms with Crippen LogP contribution in [-0.2, 0) is 6.42 Å². The summed E-state index contributed by atoms with van der Waals surface area (Å²) in [5.41, 5.74) is 5.31. The molecular formula is C22H24N2O. The number of aromatic amines is 1. The highest BCUT2D eigenvalue weighted by Gasteiger charge is 2.16. The first kappa shape index (κ1) is 16.0. The lowest BCUT2D eigenvalue weighted by Gasteiger charge is -2.25. The molecule has 3 nitrogen and oxygen atoms in total. The average Bonchev–Trinajstić information content (AvgIpc) is 3.15. The predicted octanol–water partition coefficient (Wildman–Crippen LogP) is 4.55. The summed E-state index contributed by atoms with van der Waals surface area (Å²) >= 11 is 0. The van der Waals surface area contributed by atoms with Crippen LogP contribution < -0.4 is 10.1 Å². The number of H-pyrrole nitrogens is 1. The highest BCUT2D eigenvalue weighted by Crippen LogP contribution is 2.28. The molecule has 1 unspecified atom stereocenters. The topological polar surface area (TPSA) is 37.0 Å². The van der Waals surface area contributed by atoms with E-state index in [2.05, 4.69) is 64.9 Å². The molecule has 128 valence electrons. The molecule has 1 aliphatic heterocycles. The molecule has 0 saturated heterocycles. The van der Waals surface area contributed by atoms with E-state index >= 15 is 0 Å². The lowest BCUT2D eigenvalue weighted by atomic mass is 9.91. The number of fused-ring (bicyclic) bond motifs is 1. The maximum absolute atomic E-state index is 5.45. The number of hydrogen-bond donors (Lipinski definition) is 2. The number of aryl methyl sites for hydroxylation is 1. The van der Waals surface area contributed by atoms with Gasteiger partial charge >= 0.3 is 0 Å². The summed E-state index contributed by atoms with van der Waals surface area (Å²) in [6.45, 7) is 0.951. The Hall–Kier alpha value is -2.52. The monoisotopic (exact) mass is 332 g/mol. The zero-order chi connectivity index (χ0) is 17.1. The second-order valence-corrected chi connectivity index (χ2v) is 6.67. The second kappa shape index (κ2) is 7.16. The number of hydrogen-bond acceptors (Lipinski definition) is 2. The Balaban J connectivity index is 1.47. The van der Waals surface area contributed by atoms with E-state index < -0.39 is 0 Å². The molecule has 0 bridgehead atoms. The van der Waals surface area contributed by atoms with Crippen LogP contribution in [0, 0.1) is 0 Å². The molecule has 0 saturated carbocycles. The summed E-state index contributed by atoms with van der Waals surface area (Å²) in [4.78, 5) is 3.30. The quantitative estimate of drug-likeness (QED) is 0.719. The SMILES string of the molecule is COc1cc(CCC2CC(c3ccccc3)=CCN2)c2cc[nH]c2c1. The van der Waals surface area contributed by atoms with Gasteiger partial charge in [-0.2, -0.15) is 0 Å². The lowest BCUT2D eigenvalue weighted by molar-refractivity contribution is 0.414. The minimum absolute atomic E-state index is 0.514. The molecule has 0 amide bonds. The molecule has 0 spiro atoms. The van der Waals surface area contributed by atoms with Crippen LogP contribution in [0.2, 0.25) is 0 Å². The molecule has 2 aromatic carbocycles. The van der Waals surface area contributed by atoms with Crippen LogP contribution in [-0.4, -0.2) is 24.7 Å². The van der Waals surface area contributed by atoms with E-state index in [-0.39, 0.29) is 0 Å². The summed E-state index contributed by atoms with van der Waals surface area (Å²) in [5.74, 6) is 0.923. The lowest BCUT2D eigenvalue weighted by Crippen LogP contribution is -2.33. The Morgan fingerprint density at radius 3 is 2.84 bits per heavy atom. The summed E-state index contributed by atoms with van der Waals surface area (Å²) in [6, 6.07) is 17.6. The first-order valence-corrected chi connectivity index (χ1v) is 8.95. The third-order valence-corrected chi connectivity index (χ3v) is 5.09. The van der Waals surface area contributed by atoms with Crippen molar-refractivity contribution in [1.29, 1.82) is 0 Å². The third-order valence-electron chi connectivity index (χ3n) is 5.09. The van der Waals surface area contributed by atoms with Crippen molar-refractivity contribution in [3.63, 3.8) is 0 Å². The molecule has 2 heterocycles. The van der Waals surface area contributed by atoms with Gasteiger partial charge in [0, 0.05) is 35.8 Å². The van der Waals surface area contributed by atoms with Crippen molar-refractivity contribution in [2.24, 2.45) is 0 Å². The van der Waals surface area contributed by atoms with E-state index in [9.17, 15) is 0 Å². The smallest absolute Gasteiger partial charge is 0.121 e. The molecule has 1 aromatic heterocycles. The van der Waals surface area contributed by atoms with Gasteiger partial charge in [0.15, 0.2) is 0 Å². The largest absolute Gasteiger partial charge is 0.497 e. The van der Waals surface area contributed by atoms with Gasteiger partial charge in [-0.15, -0.1) is 0 Å². The van der Waals surface area contributed by atoms with Crippen molar-refractivity contribution in [2.75, 3.05) is 13.7 Å². The first-order valence-electron chi connectivity index (χ1n) is 8.95. The Bertz CT molecular complexity index is 879. The number of ether oxygens (including phenoxy) is 1. The zero-order valence-corrected chi connectivity index (χ0v) is 14.6. The van der Waals surface area contributed by atoms with Gasteiger partial charge in [0.2, 0.25) is 0 Å². The molecule has 4 rings (SSSR count). The molecule has 3 heteroatoms. The molecule has 2 N–H and O–H groups in total. The number of rotatable bonds is 5. The van der Waals surface area contributed by atoms with Gasteiger partial charge in [-0.25, -0.2) is 0 Å². The number of nitrogens with one attached hydrogen (secondary N) is 2. The molecule has 0 fully saturated rings. The average molecular weight is 332 g/mol. The summed E-state index contributed by atoms with van der Waals surface area (Å²) in [7, 11) is 1.73. The van der Waals surface area contributed by atoms with Crippen LogP contribution >= 0.6 is 0 Å². The van der Waals surface area contributed by atoms with Crippen molar-refractivity contribution in [3.05, 3.63) is 71.9 Å². The predicted molar refractivity (Wildman–Crippen MR) is 104 cm³/mol. The van der Waals surface area contributed by atoms with E-state index in [0.717, 1.165) is 37.1 Å². The molecule has 0 aliphatic carbocycles. The third kappa shape index (κ3) is 3.47. The number of benzene rings is 2. The Morgan fingerprint density at radius 1 is 1.12 bits per heavy atom. The van der Waals surface area contributed by atoms with Gasteiger partial charge in [0.05, 0.1) is 7.11 Å². The zero-order valence-electron chi connectivity index (χ0n) is 14.6. The van der Waals surface area contributed by atoms with Gasteiger partial charge in [0.25, 0.3) is 0 Å². The summed E-state index contributed by atoms with van der Waals surface area (Å²) in [5, 5.41) is 4.95. The summed E-state index contributed by atoms with van der Waals surface area (Å²) < 4.78 is 5.45. The Morgan fingerprint density at radius 2 is 2.00 bits per heavy atom. The summed E-state index contributed by atoms with van der Waals surface area (Å²) in [6.07, 6.45) is 7.58. The standard InChI is InChI=1S/C22H24N2O/c1-25-20-14-18(21-10-12-24-22(21)15-20)7-8-19-13-17(9-11-23-19)16-5-3-2-4-6-16/h2-6,9-10,12,14-15,19,23-24H,7-8,11,13H2,1H3. The molecular weight excluding hydrogens is 308 g/mol. The van der Waals surface area contributed by atoms with Crippen molar-refractivity contribution in [1.82, 2.24) is 10.3 Å². The number of aromatic nitrogens is 1. The van der Waals surface area contributed by atoms with Gasteiger partial charge in [-0.1, -0.05) is 36.4 Å². The molecule has 3 aromatic rings. The van der Waals surface area contributed by atoms with Crippen molar-refractivity contribution >= 4 is 16.5 Å². The Kier molecular flexibility index (Phi) is 4.57. The van der Waals surface area contributed by atoms with Crippen LogP contribution in [0.1, 0.15) is 24.0 Å². The van der Waals surface area contributed by atoms with Crippen LogP contribution in [0.5, 0.6) is 5.75 Å². The van der Waals surface area contributed by atoms with Gasteiger partial charge in [0.1, 0.15) is 5.75 Å². The first-order chi connectivity index (χ1) is 12.3. The highest BCUT2D eigenvalue weighted by molar-refractivity contribution is 5.84. The fourth-order valence-corrected chi connectivity index (χ4v) is 3.73. The van der Waals surface area contributed by atoms with E-state index in [1.807, 2.05) is 6.20 Å². The normalized spacial score (nSPS) is 17.5. The van der Waals surface area contributed by atoms with E-state index in [0.29, 0.717) is 6.04 Å². The number of methoxy groups -OCH3 is 1. The van der Waals surface area contributed by atoms with Crippen LogP contribution in [0.15, 0.2) is 60.8 Å². The van der Waals surface area contributed by atoms with Crippen LogP contribution in [0.25, 0.3) is 16.5 Å². The van der Waals surface area contributed by atoms with Crippen molar-refractivity contribution in [2.45, 2.75) is 25.3 Å². The van der Waals surface area contributed by atoms with Gasteiger partial charge in [-0.3, -0.25) is 0 Å². The maximum Gasteiger partial charge on any atom is 0.121 e. The van der Waals surface area contributed by atoms with Gasteiger partial charge < -0.3 is 15.0 Å². The van der Waals surface area contributed by atoms with Crippen LogP contribution in [0.4, 0.5) is 0 Å². The second-order valence-electron chi connectivity index (χ2n) is 6.67. The molecule has 25 heavy (non-hydrogen) atoms. The van der Waals surface area contributed by atoms with E-state index in [4.69, 9.17) is 4.74 Å². The van der Waals surface area contributed by atoms with Crippen molar-refractivity contribution < 1.29 is 4.74 Å². The van der Waals surface area contributed by atoms with E-state index in [1.165, 1.54) is 22.1 Å². The fraction of sp³-hybridized carbons (Fsp3) is 0.273. The van der Waals surface area contributed by atoms with Gasteiger partial charge in [-0.05, 0) is 48.1 Å².